The van der Waals surface area contributed by atoms with Crippen LogP contribution in [0.15, 0.2) is 0 Å². The standard InChI is InChI=1S/C9H18BrNO2/c1-4-5-9(12)11(2)6-8(10)7-13-3/h8H,4-7H2,1-3H3. The molecule has 0 aromatic rings. The van der Waals surface area contributed by atoms with Crippen LogP contribution >= 0.6 is 15.9 Å². The Bertz CT molecular complexity index is 153. The molecule has 0 aliphatic rings. The number of ether oxygens (including phenoxy) is 1. The summed E-state index contributed by atoms with van der Waals surface area (Å²) in [6.45, 7) is 3.34. The fourth-order valence-electron chi connectivity index (χ4n) is 1.04. The average Bonchev–Trinajstić information content (AvgIpc) is 2.05. The topological polar surface area (TPSA) is 29.5 Å². The maximum absolute atomic E-state index is 11.3. The van der Waals surface area contributed by atoms with Crippen LogP contribution in [0.4, 0.5) is 0 Å². The van der Waals surface area contributed by atoms with Crippen LogP contribution in [-0.2, 0) is 9.53 Å². The van der Waals surface area contributed by atoms with Crippen LogP contribution in [0.1, 0.15) is 19.8 Å². The number of hydrogen-bond acceptors (Lipinski definition) is 2. The summed E-state index contributed by atoms with van der Waals surface area (Å²) in [5, 5.41) is 0. The molecule has 0 saturated carbocycles. The van der Waals surface area contributed by atoms with Gasteiger partial charge in [-0.2, -0.15) is 0 Å². The van der Waals surface area contributed by atoms with E-state index in [1.807, 2.05) is 14.0 Å². The van der Waals surface area contributed by atoms with Gasteiger partial charge in [-0.05, 0) is 6.42 Å². The molecule has 0 N–H and O–H groups in total. The lowest BCUT2D eigenvalue weighted by atomic mass is 10.3. The number of nitrogens with zero attached hydrogens (tertiary/aromatic N) is 1. The van der Waals surface area contributed by atoms with Gasteiger partial charge < -0.3 is 9.64 Å². The highest BCUT2D eigenvalue weighted by atomic mass is 79.9. The molecule has 4 heteroatoms. The summed E-state index contributed by atoms with van der Waals surface area (Å²) in [6, 6.07) is 0. The zero-order valence-corrected chi connectivity index (χ0v) is 10.1. The van der Waals surface area contributed by atoms with Crippen molar-refractivity contribution in [2.24, 2.45) is 0 Å². The lowest BCUT2D eigenvalue weighted by Crippen LogP contribution is -2.33. The number of carbonyl (C=O) groups is 1. The molecule has 0 aromatic heterocycles. The number of halogens is 1. The summed E-state index contributed by atoms with van der Waals surface area (Å²) in [5.74, 6) is 0.197. The molecule has 0 spiro atoms. The number of methoxy groups -OCH3 is 1. The first-order valence-corrected chi connectivity index (χ1v) is 5.40. The van der Waals surface area contributed by atoms with Gasteiger partial charge in [0, 0.05) is 27.1 Å². The molecule has 0 heterocycles. The lowest BCUT2D eigenvalue weighted by Gasteiger charge is -2.19. The van der Waals surface area contributed by atoms with E-state index in [0.29, 0.717) is 19.6 Å². The van der Waals surface area contributed by atoms with Crippen molar-refractivity contribution in [1.29, 1.82) is 0 Å². The number of alkyl halides is 1. The minimum Gasteiger partial charge on any atom is -0.383 e. The lowest BCUT2D eigenvalue weighted by molar-refractivity contribution is -0.129. The third-order valence-corrected chi connectivity index (χ3v) is 2.26. The van der Waals surface area contributed by atoms with E-state index in [9.17, 15) is 4.79 Å². The van der Waals surface area contributed by atoms with Crippen molar-refractivity contribution in [2.75, 3.05) is 27.3 Å². The second kappa shape index (κ2) is 7.33. The van der Waals surface area contributed by atoms with Crippen molar-refractivity contribution in [3.63, 3.8) is 0 Å². The van der Waals surface area contributed by atoms with Crippen molar-refractivity contribution in [1.82, 2.24) is 4.90 Å². The van der Waals surface area contributed by atoms with Crippen LogP contribution in [0.25, 0.3) is 0 Å². The van der Waals surface area contributed by atoms with Gasteiger partial charge in [-0.3, -0.25) is 4.79 Å². The van der Waals surface area contributed by atoms with E-state index in [0.717, 1.165) is 6.42 Å². The third-order valence-electron chi connectivity index (χ3n) is 1.71. The highest BCUT2D eigenvalue weighted by molar-refractivity contribution is 9.09. The number of amides is 1. The van der Waals surface area contributed by atoms with Crippen LogP contribution in [0.2, 0.25) is 0 Å². The van der Waals surface area contributed by atoms with Gasteiger partial charge in [0.1, 0.15) is 0 Å². The molecule has 78 valence electrons. The first kappa shape index (κ1) is 12.9. The maximum atomic E-state index is 11.3. The Kier molecular flexibility index (Phi) is 7.28. The largest absolute Gasteiger partial charge is 0.383 e. The fraction of sp³-hybridized carbons (Fsp3) is 0.889. The van der Waals surface area contributed by atoms with E-state index in [4.69, 9.17) is 4.74 Å². The Morgan fingerprint density at radius 1 is 1.62 bits per heavy atom. The van der Waals surface area contributed by atoms with Crippen LogP contribution < -0.4 is 0 Å². The first-order valence-electron chi connectivity index (χ1n) is 4.48. The molecule has 0 fully saturated rings. The van der Waals surface area contributed by atoms with Crippen molar-refractivity contribution in [3.05, 3.63) is 0 Å². The first-order chi connectivity index (χ1) is 6.11. The molecule has 0 aliphatic carbocycles. The van der Waals surface area contributed by atoms with Crippen LogP contribution in [-0.4, -0.2) is 42.9 Å². The Labute approximate surface area is 88.6 Å². The molecule has 1 unspecified atom stereocenters. The van der Waals surface area contributed by atoms with E-state index >= 15 is 0 Å². The van der Waals surface area contributed by atoms with Gasteiger partial charge in [-0.1, -0.05) is 22.9 Å². The highest BCUT2D eigenvalue weighted by Crippen LogP contribution is 2.04. The maximum Gasteiger partial charge on any atom is 0.222 e. The molecule has 0 aliphatic heterocycles. The van der Waals surface area contributed by atoms with Gasteiger partial charge in [0.15, 0.2) is 0 Å². The predicted molar refractivity (Wildman–Crippen MR) is 57.1 cm³/mol. The Hall–Kier alpha value is -0.0900. The van der Waals surface area contributed by atoms with Crippen LogP contribution in [0, 0.1) is 0 Å². The molecule has 0 aromatic carbocycles. The number of carbonyl (C=O) groups excluding carboxylic acids is 1. The minimum absolute atomic E-state index is 0.197. The van der Waals surface area contributed by atoms with Gasteiger partial charge >= 0.3 is 0 Å². The fourth-order valence-corrected chi connectivity index (χ4v) is 1.74. The monoisotopic (exact) mass is 251 g/mol. The molecule has 0 rings (SSSR count). The molecule has 0 saturated heterocycles. The van der Waals surface area contributed by atoms with E-state index in [1.54, 1.807) is 12.0 Å². The molecule has 3 nitrogen and oxygen atoms in total. The Morgan fingerprint density at radius 2 is 2.23 bits per heavy atom. The summed E-state index contributed by atoms with van der Waals surface area (Å²) in [5.41, 5.74) is 0. The quantitative estimate of drug-likeness (QED) is 0.673. The molecule has 1 atom stereocenters. The summed E-state index contributed by atoms with van der Waals surface area (Å²) in [6.07, 6.45) is 1.53. The van der Waals surface area contributed by atoms with Crippen molar-refractivity contribution >= 4 is 21.8 Å². The van der Waals surface area contributed by atoms with E-state index in [-0.39, 0.29) is 10.7 Å². The van der Waals surface area contributed by atoms with Gasteiger partial charge in [0.2, 0.25) is 5.91 Å². The molecule has 13 heavy (non-hydrogen) atoms. The smallest absolute Gasteiger partial charge is 0.222 e. The molecule has 0 radical (unpaired) electrons. The van der Waals surface area contributed by atoms with Crippen LogP contribution in [0.5, 0.6) is 0 Å². The number of hydrogen-bond donors (Lipinski definition) is 0. The van der Waals surface area contributed by atoms with Gasteiger partial charge in [0.05, 0.1) is 11.4 Å². The second-order valence-electron chi connectivity index (χ2n) is 3.08. The SMILES string of the molecule is CCCC(=O)N(C)CC(Br)COC. The Balaban J connectivity index is 3.71. The Morgan fingerprint density at radius 3 is 2.69 bits per heavy atom. The average molecular weight is 252 g/mol. The molecular formula is C9H18BrNO2. The van der Waals surface area contributed by atoms with Gasteiger partial charge in [-0.15, -0.1) is 0 Å². The molecule has 0 bridgehead atoms. The third kappa shape index (κ3) is 6.05. The van der Waals surface area contributed by atoms with E-state index in [2.05, 4.69) is 15.9 Å². The highest BCUT2D eigenvalue weighted by Gasteiger charge is 2.11. The summed E-state index contributed by atoms with van der Waals surface area (Å²) < 4.78 is 4.96. The van der Waals surface area contributed by atoms with Crippen LogP contribution in [0.3, 0.4) is 0 Å². The van der Waals surface area contributed by atoms with E-state index < -0.39 is 0 Å². The second-order valence-corrected chi connectivity index (χ2v) is 4.37. The van der Waals surface area contributed by atoms with Crippen molar-refractivity contribution in [3.8, 4) is 0 Å². The molecular weight excluding hydrogens is 234 g/mol. The molecule has 1 amide bonds. The number of rotatable bonds is 6. The minimum atomic E-state index is 0.197. The van der Waals surface area contributed by atoms with Gasteiger partial charge in [0.25, 0.3) is 0 Å². The van der Waals surface area contributed by atoms with E-state index in [1.165, 1.54) is 0 Å². The summed E-state index contributed by atoms with van der Waals surface area (Å²) >= 11 is 3.44. The predicted octanol–water partition coefficient (Wildman–Crippen LogP) is 1.65. The summed E-state index contributed by atoms with van der Waals surface area (Å²) in [4.78, 5) is 13.3. The normalized spacial score (nSPS) is 12.6. The van der Waals surface area contributed by atoms with Crippen molar-refractivity contribution < 1.29 is 9.53 Å². The zero-order chi connectivity index (χ0) is 10.3. The zero-order valence-electron chi connectivity index (χ0n) is 8.55. The summed E-state index contributed by atoms with van der Waals surface area (Å²) in [7, 11) is 3.48. The van der Waals surface area contributed by atoms with Crippen molar-refractivity contribution in [2.45, 2.75) is 24.6 Å². The van der Waals surface area contributed by atoms with Gasteiger partial charge in [-0.25, -0.2) is 0 Å².